The predicted molar refractivity (Wildman–Crippen MR) is 84.4 cm³/mol. The second-order valence-corrected chi connectivity index (χ2v) is 5.85. The molecule has 0 aromatic heterocycles. The Labute approximate surface area is 123 Å². The third-order valence-electron chi connectivity index (χ3n) is 3.96. The van der Waals surface area contributed by atoms with Crippen molar-refractivity contribution in [1.82, 2.24) is 10.2 Å². The molecule has 1 unspecified atom stereocenters. The first-order valence-electron chi connectivity index (χ1n) is 7.89. The van der Waals surface area contributed by atoms with Crippen LogP contribution in [0.4, 0.5) is 0 Å². The molecule has 3 nitrogen and oxygen atoms in total. The molecular formula is C17H28N2O. The van der Waals surface area contributed by atoms with Crippen LogP contribution in [0.3, 0.4) is 0 Å². The second-order valence-electron chi connectivity index (χ2n) is 5.85. The van der Waals surface area contributed by atoms with E-state index in [4.69, 9.17) is 4.74 Å². The fraction of sp³-hybridized carbons (Fsp3) is 0.647. The summed E-state index contributed by atoms with van der Waals surface area (Å²) in [6.07, 6.45) is 3.62. The van der Waals surface area contributed by atoms with Crippen molar-refractivity contribution in [3.8, 4) is 5.75 Å². The van der Waals surface area contributed by atoms with E-state index in [0.717, 1.165) is 25.3 Å². The molecule has 112 valence electrons. The van der Waals surface area contributed by atoms with Gasteiger partial charge >= 0.3 is 0 Å². The van der Waals surface area contributed by atoms with Gasteiger partial charge < -0.3 is 15.0 Å². The van der Waals surface area contributed by atoms with Crippen LogP contribution in [0.5, 0.6) is 5.75 Å². The van der Waals surface area contributed by atoms with Gasteiger partial charge in [-0.05, 0) is 58.3 Å². The predicted octanol–water partition coefficient (Wildman–Crippen LogP) is 2.84. The van der Waals surface area contributed by atoms with Crippen molar-refractivity contribution in [2.75, 3.05) is 32.8 Å². The number of rotatable bonds is 6. The van der Waals surface area contributed by atoms with Gasteiger partial charge in [0.2, 0.25) is 0 Å². The largest absolute Gasteiger partial charge is 0.494 e. The number of unbranched alkanes of at least 4 members (excludes halogenated alkanes) is 1. The van der Waals surface area contributed by atoms with E-state index in [9.17, 15) is 0 Å². The summed E-state index contributed by atoms with van der Waals surface area (Å²) < 4.78 is 5.76. The third kappa shape index (κ3) is 5.51. The summed E-state index contributed by atoms with van der Waals surface area (Å²) in [5.74, 6) is 0.989. The van der Waals surface area contributed by atoms with Gasteiger partial charge in [-0.2, -0.15) is 0 Å². The van der Waals surface area contributed by atoms with Crippen LogP contribution in [-0.4, -0.2) is 43.7 Å². The number of nitrogens with one attached hydrogen (secondary N) is 1. The number of hydrogen-bond acceptors (Lipinski definition) is 3. The highest BCUT2D eigenvalue weighted by Gasteiger charge is 2.11. The van der Waals surface area contributed by atoms with Crippen molar-refractivity contribution in [3.05, 3.63) is 29.8 Å². The number of ether oxygens (including phenoxy) is 1. The summed E-state index contributed by atoms with van der Waals surface area (Å²) >= 11 is 0. The zero-order valence-corrected chi connectivity index (χ0v) is 12.9. The molecule has 1 aromatic rings. The first kappa shape index (κ1) is 15.3. The van der Waals surface area contributed by atoms with E-state index in [2.05, 4.69) is 48.3 Å². The van der Waals surface area contributed by atoms with Crippen LogP contribution in [0.2, 0.25) is 0 Å². The maximum atomic E-state index is 5.76. The van der Waals surface area contributed by atoms with Gasteiger partial charge in [-0.25, -0.2) is 0 Å². The first-order valence-corrected chi connectivity index (χ1v) is 7.89. The Morgan fingerprint density at radius 1 is 1.20 bits per heavy atom. The number of benzene rings is 1. The zero-order valence-electron chi connectivity index (χ0n) is 12.9. The van der Waals surface area contributed by atoms with Crippen LogP contribution in [0.15, 0.2) is 24.3 Å². The normalized spacial score (nSPS) is 20.6. The van der Waals surface area contributed by atoms with E-state index in [-0.39, 0.29) is 0 Å². The van der Waals surface area contributed by atoms with E-state index in [0.29, 0.717) is 6.04 Å². The monoisotopic (exact) mass is 276 g/mol. The molecule has 0 saturated carbocycles. The zero-order chi connectivity index (χ0) is 14.2. The lowest BCUT2D eigenvalue weighted by Gasteiger charge is -2.19. The van der Waals surface area contributed by atoms with Crippen molar-refractivity contribution in [3.63, 3.8) is 0 Å². The van der Waals surface area contributed by atoms with Crippen molar-refractivity contribution < 1.29 is 4.74 Å². The molecule has 0 bridgehead atoms. The quantitative estimate of drug-likeness (QED) is 0.809. The minimum absolute atomic E-state index is 0.671. The SMILES string of the molecule is Cc1ccc(OCCCCN2CCNC(C)CC2)cc1. The summed E-state index contributed by atoms with van der Waals surface area (Å²) in [7, 11) is 0. The van der Waals surface area contributed by atoms with Crippen LogP contribution < -0.4 is 10.1 Å². The number of hydrogen-bond donors (Lipinski definition) is 1. The molecular weight excluding hydrogens is 248 g/mol. The van der Waals surface area contributed by atoms with Gasteiger partial charge in [0.1, 0.15) is 5.75 Å². The molecule has 1 fully saturated rings. The standard InChI is InChI=1S/C17H28N2O/c1-15-5-7-17(8-6-15)20-14-4-3-11-19-12-9-16(2)18-10-13-19/h5-8,16,18H,3-4,9-14H2,1-2H3. The molecule has 1 N–H and O–H groups in total. The minimum Gasteiger partial charge on any atom is -0.494 e. The van der Waals surface area contributed by atoms with E-state index in [1.54, 1.807) is 0 Å². The summed E-state index contributed by atoms with van der Waals surface area (Å²) in [5.41, 5.74) is 1.28. The molecule has 1 aliphatic heterocycles. The molecule has 1 atom stereocenters. The fourth-order valence-corrected chi connectivity index (χ4v) is 2.54. The van der Waals surface area contributed by atoms with E-state index < -0.39 is 0 Å². The minimum atomic E-state index is 0.671. The summed E-state index contributed by atoms with van der Waals surface area (Å²) in [4.78, 5) is 2.57. The maximum Gasteiger partial charge on any atom is 0.119 e. The molecule has 0 aliphatic carbocycles. The highest BCUT2D eigenvalue weighted by atomic mass is 16.5. The average molecular weight is 276 g/mol. The van der Waals surface area contributed by atoms with Crippen LogP contribution >= 0.6 is 0 Å². The molecule has 0 spiro atoms. The summed E-state index contributed by atoms with van der Waals surface area (Å²) in [6, 6.07) is 8.97. The molecule has 20 heavy (non-hydrogen) atoms. The molecule has 1 heterocycles. The number of aryl methyl sites for hydroxylation is 1. The molecule has 1 saturated heterocycles. The highest BCUT2D eigenvalue weighted by molar-refractivity contribution is 5.26. The topological polar surface area (TPSA) is 24.5 Å². The van der Waals surface area contributed by atoms with Crippen molar-refractivity contribution in [2.45, 2.75) is 39.2 Å². The summed E-state index contributed by atoms with van der Waals surface area (Å²) in [5, 5.41) is 3.54. The number of nitrogens with zero attached hydrogens (tertiary/aromatic N) is 1. The highest BCUT2D eigenvalue weighted by Crippen LogP contribution is 2.12. The van der Waals surface area contributed by atoms with Gasteiger partial charge in [0, 0.05) is 19.1 Å². The lowest BCUT2D eigenvalue weighted by atomic mass is 10.2. The summed E-state index contributed by atoms with van der Waals surface area (Å²) in [6.45, 7) is 9.94. The average Bonchev–Trinajstić information content (AvgIpc) is 2.65. The molecule has 3 heteroatoms. The van der Waals surface area contributed by atoms with Gasteiger partial charge in [-0.3, -0.25) is 0 Å². The van der Waals surface area contributed by atoms with Crippen molar-refractivity contribution >= 4 is 0 Å². The van der Waals surface area contributed by atoms with Crippen LogP contribution in [-0.2, 0) is 0 Å². The molecule has 0 amide bonds. The maximum absolute atomic E-state index is 5.76. The Morgan fingerprint density at radius 2 is 2.00 bits per heavy atom. The van der Waals surface area contributed by atoms with E-state index in [1.165, 1.54) is 38.0 Å². The fourth-order valence-electron chi connectivity index (χ4n) is 2.54. The van der Waals surface area contributed by atoms with Gasteiger partial charge in [0.05, 0.1) is 6.61 Å². The second kappa shape index (κ2) is 8.28. The first-order chi connectivity index (χ1) is 9.74. The lowest BCUT2D eigenvalue weighted by molar-refractivity contribution is 0.259. The molecule has 2 rings (SSSR count). The van der Waals surface area contributed by atoms with Gasteiger partial charge in [0.15, 0.2) is 0 Å². The van der Waals surface area contributed by atoms with Gasteiger partial charge in [-0.15, -0.1) is 0 Å². The lowest BCUT2D eigenvalue weighted by Crippen LogP contribution is -2.29. The molecule has 1 aromatic carbocycles. The van der Waals surface area contributed by atoms with Crippen molar-refractivity contribution in [1.29, 1.82) is 0 Å². The van der Waals surface area contributed by atoms with Gasteiger partial charge in [0.25, 0.3) is 0 Å². The molecule has 1 aliphatic rings. The van der Waals surface area contributed by atoms with Crippen molar-refractivity contribution in [2.24, 2.45) is 0 Å². The van der Waals surface area contributed by atoms with E-state index >= 15 is 0 Å². The third-order valence-corrected chi connectivity index (χ3v) is 3.96. The molecule has 0 radical (unpaired) electrons. The Morgan fingerprint density at radius 3 is 2.80 bits per heavy atom. The Bertz CT molecular complexity index is 377. The Hall–Kier alpha value is -1.06. The van der Waals surface area contributed by atoms with Gasteiger partial charge in [-0.1, -0.05) is 17.7 Å². The van der Waals surface area contributed by atoms with E-state index in [1.807, 2.05) is 0 Å². The Kier molecular flexibility index (Phi) is 6.34. The van der Waals surface area contributed by atoms with Crippen LogP contribution in [0.25, 0.3) is 0 Å². The van der Waals surface area contributed by atoms with Crippen LogP contribution in [0.1, 0.15) is 31.7 Å². The Balaban J connectivity index is 1.56. The smallest absolute Gasteiger partial charge is 0.119 e. The van der Waals surface area contributed by atoms with Crippen LogP contribution in [0, 0.1) is 6.92 Å².